The van der Waals surface area contributed by atoms with Gasteiger partial charge in [0, 0.05) is 86.5 Å². The minimum atomic E-state index is -0.481. The largest absolute Gasteiger partial charge is 0.494 e. The Morgan fingerprint density at radius 2 is 1.73 bits per heavy atom. The Bertz CT molecular complexity index is 1710. The number of ether oxygens (including phenoxy) is 1. The van der Waals surface area contributed by atoms with Crippen LogP contribution in [0.15, 0.2) is 47.3 Å². The molecule has 4 aromatic rings. The number of terminal acetylenes is 1. The number of anilines is 5. The number of benzene rings is 2. The van der Waals surface area contributed by atoms with Gasteiger partial charge in [-0.1, -0.05) is 13.8 Å². The van der Waals surface area contributed by atoms with E-state index >= 15 is 0 Å². The van der Waals surface area contributed by atoms with Gasteiger partial charge in [0.15, 0.2) is 0 Å². The van der Waals surface area contributed by atoms with Gasteiger partial charge in [0.1, 0.15) is 11.6 Å². The van der Waals surface area contributed by atoms with Crippen LogP contribution in [0.4, 0.5) is 28.8 Å². The quantitative estimate of drug-likeness (QED) is 0.189. The lowest BCUT2D eigenvalue weighted by Gasteiger charge is -2.42. The molecule has 0 amide bonds. The highest BCUT2D eigenvalue weighted by molar-refractivity contribution is 9.10. The number of rotatable bonds is 8. The Balaban J connectivity index is 1.22. The van der Waals surface area contributed by atoms with Crippen LogP contribution in [-0.2, 0) is 0 Å². The first-order valence-electron chi connectivity index (χ1n) is 15.2. The molecular formula is C33H39BrN9OP. The Morgan fingerprint density at radius 1 is 0.978 bits per heavy atom. The van der Waals surface area contributed by atoms with E-state index in [0.717, 1.165) is 89.9 Å². The van der Waals surface area contributed by atoms with Crippen molar-refractivity contribution in [1.82, 2.24) is 29.7 Å². The number of nitrogens with zero attached hydrogens (tertiary/aromatic N) is 7. The number of halogens is 1. The van der Waals surface area contributed by atoms with Crippen LogP contribution in [0.25, 0.3) is 11.0 Å². The molecule has 4 heterocycles. The van der Waals surface area contributed by atoms with Gasteiger partial charge in [-0.05, 0) is 67.3 Å². The Labute approximate surface area is 274 Å². The van der Waals surface area contributed by atoms with Crippen LogP contribution in [0.2, 0.25) is 0 Å². The van der Waals surface area contributed by atoms with Crippen LogP contribution >= 0.6 is 23.9 Å². The zero-order valence-corrected chi connectivity index (χ0v) is 28.7. The van der Waals surface area contributed by atoms with E-state index in [1.165, 1.54) is 0 Å². The minimum Gasteiger partial charge on any atom is -0.494 e. The standard InChI is InChI=1S/C33H39BrN9OP/c1-6-22-19-27(29(44-3)20-28(22)43-13-9-23(10-14-43)42-17-15-41(2)16-18-42)39-33-37-21-24(34)32(40-33)38-26-8-7-25-30(31(26)45(4)5)36-12-11-35-25/h1,7-8,11-12,19-21,23H,9-10,13-18H2,2-5H3,(H2,37,38,39,40). The molecule has 2 aliphatic heterocycles. The molecule has 2 aromatic heterocycles. The molecule has 0 bridgehead atoms. The number of likely N-dealkylation sites (N-methyl/N-ethyl adjacent to an activating group) is 1. The number of methoxy groups -OCH3 is 1. The van der Waals surface area contributed by atoms with Crippen molar-refractivity contribution in [3.05, 3.63) is 52.9 Å². The average Bonchev–Trinajstić information content (AvgIpc) is 3.06. The zero-order valence-electron chi connectivity index (χ0n) is 26.2. The lowest BCUT2D eigenvalue weighted by molar-refractivity contribution is 0.0982. The third kappa shape index (κ3) is 6.85. The Kier molecular flexibility index (Phi) is 9.67. The van der Waals surface area contributed by atoms with Gasteiger partial charge in [0.05, 0.1) is 34.0 Å². The molecule has 2 N–H and O–H groups in total. The van der Waals surface area contributed by atoms with E-state index in [1.54, 1.807) is 25.7 Å². The van der Waals surface area contributed by atoms with E-state index in [0.29, 0.717) is 29.2 Å². The molecular weight excluding hydrogens is 649 g/mol. The second-order valence-corrected chi connectivity index (χ2v) is 14.8. The summed E-state index contributed by atoms with van der Waals surface area (Å²) in [5, 5.41) is 8.00. The zero-order chi connectivity index (χ0) is 31.5. The number of aromatic nitrogens is 4. The van der Waals surface area contributed by atoms with Crippen molar-refractivity contribution in [3.8, 4) is 18.1 Å². The molecule has 0 saturated carbocycles. The molecule has 2 aliphatic rings. The van der Waals surface area contributed by atoms with Gasteiger partial charge in [-0.3, -0.25) is 14.9 Å². The van der Waals surface area contributed by atoms with Crippen molar-refractivity contribution in [2.45, 2.75) is 18.9 Å². The first-order valence-corrected chi connectivity index (χ1v) is 18.2. The van der Waals surface area contributed by atoms with E-state index in [1.807, 2.05) is 24.3 Å². The van der Waals surface area contributed by atoms with Crippen LogP contribution in [0.3, 0.4) is 0 Å². The first kappa shape index (κ1) is 31.4. The summed E-state index contributed by atoms with van der Waals surface area (Å²) in [4.78, 5) is 25.9. The molecule has 2 fully saturated rings. The molecule has 2 saturated heterocycles. The van der Waals surface area contributed by atoms with Crippen LogP contribution in [0.5, 0.6) is 5.75 Å². The fourth-order valence-electron chi connectivity index (χ4n) is 6.21. The molecule has 0 aliphatic carbocycles. The van der Waals surface area contributed by atoms with Crippen LogP contribution in [0, 0.1) is 12.3 Å². The van der Waals surface area contributed by atoms with E-state index in [9.17, 15) is 0 Å². The van der Waals surface area contributed by atoms with Crippen molar-refractivity contribution in [2.75, 3.05) is 82.3 Å². The number of hydrogen-bond acceptors (Lipinski definition) is 10. The highest BCUT2D eigenvalue weighted by Gasteiger charge is 2.28. The van der Waals surface area contributed by atoms with Crippen LogP contribution in [-0.4, -0.2) is 103 Å². The maximum Gasteiger partial charge on any atom is 0.229 e. The van der Waals surface area contributed by atoms with Gasteiger partial charge in [-0.15, -0.1) is 6.42 Å². The monoisotopic (exact) mass is 687 g/mol. The molecule has 2 aromatic carbocycles. The number of piperazine rings is 1. The molecule has 0 spiro atoms. The summed E-state index contributed by atoms with van der Waals surface area (Å²) >= 11 is 3.62. The second-order valence-electron chi connectivity index (χ2n) is 11.7. The molecule has 234 valence electrons. The molecule has 10 nitrogen and oxygen atoms in total. The summed E-state index contributed by atoms with van der Waals surface area (Å²) in [6.45, 7) is 10.9. The van der Waals surface area contributed by atoms with Crippen LogP contribution < -0.4 is 25.6 Å². The third-order valence-electron chi connectivity index (χ3n) is 8.64. The van der Waals surface area contributed by atoms with Gasteiger partial charge in [0.25, 0.3) is 0 Å². The summed E-state index contributed by atoms with van der Waals surface area (Å²) in [6.07, 6.45) is 13.5. The SMILES string of the molecule is C#Cc1cc(Nc2ncc(Br)c(Nc3ccc4nccnc4c3P(C)C)n2)c(OC)cc1N1CCC(N2CCN(C)CC2)CC1. The highest BCUT2D eigenvalue weighted by Crippen LogP contribution is 2.38. The maximum absolute atomic E-state index is 6.06. The summed E-state index contributed by atoms with van der Waals surface area (Å²) in [5.41, 5.74) is 5.26. The van der Waals surface area contributed by atoms with Crippen molar-refractivity contribution >= 4 is 69.0 Å². The number of fused-ring (bicyclic) bond motifs is 1. The molecule has 0 unspecified atom stereocenters. The maximum atomic E-state index is 6.06. The van der Waals surface area contributed by atoms with E-state index in [-0.39, 0.29) is 0 Å². The van der Waals surface area contributed by atoms with Gasteiger partial charge >= 0.3 is 0 Å². The molecule has 6 rings (SSSR count). The third-order valence-corrected chi connectivity index (χ3v) is 10.6. The highest BCUT2D eigenvalue weighted by atomic mass is 79.9. The number of nitrogens with one attached hydrogen (secondary N) is 2. The van der Waals surface area contributed by atoms with E-state index in [2.05, 4.69) is 82.5 Å². The Hall–Kier alpha value is -3.55. The summed E-state index contributed by atoms with van der Waals surface area (Å²) in [7, 11) is 3.40. The van der Waals surface area contributed by atoms with Gasteiger partial charge in [-0.2, -0.15) is 4.98 Å². The van der Waals surface area contributed by atoms with Crippen molar-refractivity contribution in [1.29, 1.82) is 0 Å². The first-order chi connectivity index (χ1) is 21.8. The molecule has 45 heavy (non-hydrogen) atoms. The van der Waals surface area contributed by atoms with Gasteiger partial charge in [0.2, 0.25) is 5.95 Å². The number of hydrogen-bond donors (Lipinski definition) is 2. The Morgan fingerprint density at radius 3 is 2.44 bits per heavy atom. The topological polar surface area (TPSA) is 94.6 Å². The van der Waals surface area contributed by atoms with E-state index in [4.69, 9.17) is 16.1 Å². The predicted octanol–water partition coefficient (Wildman–Crippen LogP) is 5.24. The normalized spacial score (nSPS) is 16.6. The van der Waals surface area contributed by atoms with Crippen LogP contribution in [0.1, 0.15) is 18.4 Å². The summed E-state index contributed by atoms with van der Waals surface area (Å²) < 4.78 is 6.58. The average molecular weight is 689 g/mol. The number of piperidine rings is 1. The molecule has 0 atom stereocenters. The lowest BCUT2D eigenvalue weighted by Crippen LogP contribution is -2.52. The molecule has 0 radical (unpaired) electrons. The predicted molar refractivity (Wildman–Crippen MR) is 189 cm³/mol. The van der Waals surface area contributed by atoms with E-state index < -0.39 is 7.92 Å². The summed E-state index contributed by atoms with van der Waals surface area (Å²) in [5.74, 6) is 4.64. The van der Waals surface area contributed by atoms with Crippen molar-refractivity contribution < 1.29 is 4.74 Å². The fraction of sp³-hybridized carbons (Fsp3) is 0.394. The van der Waals surface area contributed by atoms with Gasteiger partial charge in [-0.25, -0.2) is 4.98 Å². The second kappa shape index (κ2) is 13.8. The minimum absolute atomic E-state index is 0.417. The van der Waals surface area contributed by atoms with Gasteiger partial charge < -0.3 is 25.2 Å². The summed E-state index contributed by atoms with van der Waals surface area (Å²) in [6, 6.07) is 8.64. The lowest BCUT2D eigenvalue weighted by atomic mass is 10.00. The smallest absolute Gasteiger partial charge is 0.229 e. The molecule has 12 heteroatoms. The van der Waals surface area contributed by atoms with Crippen molar-refractivity contribution in [2.24, 2.45) is 0 Å². The fourth-order valence-corrected chi connectivity index (χ4v) is 7.71. The van der Waals surface area contributed by atoms with Crippen molar-refractivity contribution in [3.63, 3.8) is 0 Å².